The van der Waals surface area contributed by atoms with Crippen LogP contribution in [-0.2, 0) is 19.8 Å². The van der Waals surface area contributed by atoms with Crippen LogP contribution >= 0.6 is 15.9 Å². The van der Waals surface area contributed by atoms with E-state index in [1.54, 1.807) is 35.1 Å². The first-order valence-corrected chi connectivity index (χ1v) is 9.87. The van der Waals surface area contributed by atoms with E-state index in [0.717, 1.165) is 33.6 Å². The summed E-state index contributed by atoms with van der Waals surface area (Å²) in [6.07, 6.45) is 3.49. The van der Waals surface area contributed by atoms with Crippen LogP contribution in [0.4, 0.5) is 0 Å². The van der Waals surface area contributed by atoms with E-state index in [1.165, 1.54) is 0 Å². The lowest BCUT2D eigenvalue weighted by Crippen LogP contribution is -2.28. The van der Waals surface area contributed by atoms with Crippen LogP contribution in [0.25, 0.3) is 0 Å². The molecule has 0 aliphatic carbocycles. The normalized spacial score (nSPS) is 10.9. The number of carbonyl (C=O) groups is 1. The molecule has 28 heavy (non-hydrogen) atoms. The summed E-state index contributed by atoms with van der Waals surface area (Å²) in [6, 6.07) is 7.77. The highest BCUT2D eigenvalue weighted by molar-refractivity contribution is 9.10. The van der Waals surface area contributed by atoms with E-state index in [2.05, 4.69) is 26.1 Å². The molecule has 0 radical (unpaired) electrons. The average Bonchev–Trinajstić information content (AvgIpc) is 3.29. The quantitative estimate of drug-likeness (QED) is 0.554. The molecular weight excluding hydrogens is 422 g/mol. The molecule has 2 heterocycles. The summed E-state index contributed by atoms with van der Waals surface area (Å²) in [4.78, 5) is 14.4. The number of hydrogen-bond acceptors (Lipinski definition) is 4. The molecule has 7 nitrogen and oxygen atoms in total. The Hall–Kier alpha value is -2.61. The maximum Gasteiger partial charge on any atom is 0.274 e. The van der Waals surface area contributed by atoms with Crippen molar-refractivity contribution in [2.45, 2.75) is 40.6 Å². The van der Waals surface area contributed by atoms with E-state index in [1.807, 2.05) is 43.7 Å². The second-order valence-electron chi connectivity index (χ2n) is 6.70. The Kier molecular flexibility index (Phi) is 6.18. The van der Waals surface area contributed by atoms with Gasteiger partial charge in [-0.2, -0.15) is 10.2 Å². The van der Waals surface area contributed by atoms with Gasteiger partial charge >= 0.3 is 0 Å². The number of halogens is 1. The van der Waals surface area contributed by atoms with Crippen LogP contribution in [0.3, 0.4) is 0 Å². The molecule has 1 aromatic carbocycles. The van der Waals surface area contributed by atoms with Crippen molar-refractivity contribution in [2.24, 2.45) is 0 Å². The third-order valence-electron chi connectivity index (χ3n) is 4.49. The largest absolute Gasteiger partial charge is 0.471 e. The van der Waals surface area contributed by atoms with Gasteiger partial charge < -0.3 is 9.64 Å². The number of nitrogens with zero attached hydrogens (tertiary/aromatic N) is 5. The summed E-state index contributed by atoms with van der Waals surface area (Å²) < 4.78 is 10.2. The van der Waals surface area contributed by atoms with Crippen molar-refractivity contribution in [3.05, 3.63) is 63.6 Å². The number of aromatic nitrogens is 4. The van der Waals surface area contributed by atoms with Crippen molar-refractivity contribution >= 4 is 21.8 Å². The maximum absolute atomic E-state index is 12.7. The maximum atomic E-state index is 12.7. The smallest absolute Gasteiger partial charge is 0.274 e. The first-order valence-electron chi connectivity index (χ1n) is 9.08. The van der Waals surface area contributed by atoms with Gasteiger partial charge in [0.05, 0.1) is 22.9 Å². The Bertz CT molecular complexity index is 979. The summed E-state index contributed by atoms with van der Waals surface area (Å²) in [6.45, 7) is 7.47. The van der Waals surface area contributed by atoms with Gasteiger partial charge in [-0.1, -0.05) is 12.1 Å². The molecular formula is C20H24BrN5O2. The van der Waals surface area contributed by atoms with Crippen LogP contribution in [0.1, 0.15) is 34.2 Å². The summed E-state index contributed by atoms with van der Waals surface area (Å²) >= 11 is 3.49. The molecule has 0 spiro atoms. The Morgan fingerprint density at radius 3 is 2.82 bits per heavy atom. The van der Waals surface area contributed by atoms with Gasteiger partial charge in [-0.25, -0.2) is 4.68 Å². The van der Waals surface area contributed by atoms with Crippen molar-refractivity contribution in [1.29, 1.82) is 0 Å². The first kappa shape index (κ1) is 20.1. The Morgan fingerprint density at radius 1 is 1.29 bits per heavy atom. The molecule has 3 rings (SSSR count). The van der Waals surface area contributed by atoms with Gasteiger partial charge in [0, 0.05) is 19.8 Å². The van der Waals surface area contributed by atoms with E-state index in [4.69, 9.17) is 4.74 Å². The fourth-order valence-electron chi connectivity index (χ4n) is 2.86. The zero-order valence-corrected chi connectivity index (χ0v) is 18.1. The van der Waals surface area contributed by atoms with E-state index < -0.39 is 0 Å². The van der Waals surface area contributed by atoms with E-state index in [9.17, 15) is 4.79 Å². The number of amides is 1. The van der Waals surface area contributed by atoms with Gasteiger partial charge in [0.15, 0.2) is 12.4 Å². The predicted octanol–water partition coefficient (Wildman–Crippen LogP) is 3.79. The monoisotopic (exact) mass is 445 g/mol. The van der Waals surface area contributed by atoms with Crippen LogP contribution in [0.2, 0.25) is 0 Å². The molecule has 0 saturated carbocycles. The summed E-state index contributed by atoms with van der Waals surface area (Å²) in [5.41, 5.74) is 3.53. The zero-order chi connectivity index (χ0) is 20.3. The van der Waals surface area contributed by atoms with Crippen LogP contribution < -0.4 is 4.74 Å². The van der Waals surface area contributed by atoms with Crippen molar-refractivity contribution in [1.82, 2.24) is 24.5 Å². The standard InChI is InChI=1S/C20H24BrN5O2/c1-5-26-18(16(21)11-22-26)12-24(4)20(27)17-8-9-25(23-17)13-28-19-10-14(2)6-7-15(19)3/h6-11H,5,12-13H2,1-4H3. The third kappa shape index (κ3) is 4.44. The highest BCUT2D eigenvalue weighted by Gasteiger charge is 2.18. The second kappa shape index (κ2) is 8.60. The molecule has 0 fully saturated rings. The molecule has 0 aliphatic heterocycles. The van der Waals surface area contributed by atoms with Crippen molar-refractivity contribution in [3.8, 4) is 5.75 Å². The molecule has 0 bridgehead atoms. The number of ether oxygens (including phenoxy) is 1. The van der Waals surface area contributed by atoms with Crippen LogP contribution in [0.15, 0.2) is 41.1 Å². The molecule has 1 amide bonds. The molecule has 0 unspecified atom stereocenters. The van der Waals surface area contributed by atoms with Gasteiger partial charge in [-0.3, -0.25) is 9.48 Å². The van der Waals surface area contributed by atoms with Crippen LogP contribution in [-0.4, -0.2) is 37.4 Å². The van der Waals surface area contributed by atoms with E-state index >= 15 is 0 Å². The Labute approximate surface area is 173 Å². The van der Waals surface area contributed by atoms with Gasteiger partial charge in [-0.15, -0.1) is 0 Å². The van der Waals surface area contributed by atoms with Crippen molar-refractivity contribution in [3.63, 3.8) is 0 Å². The molecule has 0 aliphatic rings. The third-order valence-corrected chi connectivity index (χ3v) is 5.15. The minimum atomic E-state index is -0.152. The zero-order valence-electron chi connectivity index (χ0n) is 16.5. The Balaban J connectivity index is 1.64. The molecule has 2 aromatic heterocycles. The molecule has 0 N–H and O–H groups in total. The molecule has 3 aromatic rings. The van der Waals surface area contributed by atoms with Crippen molar-refractivity contribution in [2.75, 3.05) is 7.05 Å². The highest BCUT2D eigenvalue weighted by Crippen LogP contribution is 2.20. The van der Waals surface area contributed by atoms with Crippen molar-refractivity contribution < 1.29 is 9.53 Å². The average molecular weight is 446 g/mol. The van der Waals surface area contributed by atoms with Crippen LogP contribution in [0.5, 0.6) is 5.75 Å². The molecule has 148 valence electrons. The summed E-state index contributed by atoms with van der Waals surface area (Å²) in [7, 11) is 1.76. The summed E-state index contributed by atoms with van der Waals surface area (Å²) in [5, 5.41) is 8.64. The first-order chi connectivity index (χ1) is 13.4. The van der Waals surface area contributed by atoms with Gasteiger partial charge in [0.1, 0.15) is 5.75 Å². The number of rotatable bonds is 7. The summed E-state index contributed by atoms with van der Waals surface area (Å²) in [5.74, 6) is 0.666. The molecule has 0 atom stereocenters. The Morgan fingerprint density at radius 2 is 2.07 bits per heavy atom. The second-order valence-corrected chi connectivity index (χ2v) is 7.55. The molecule has 8 heteroatoms. The highest BCUT2D eigenvalue weighted by atomic mass is 79.9. The van der Waals surface area contributed by atoms with Gasteiger partial charge in [-0.05, 0) is 60.0 Å². The number of aryl methyl sites for hydroxylation is 3. The lowest BCUT2D eigenvalue weighted by molar-refractivity contribution is 0.0773. The minimum absolute atomic E-state index is 0.152. The number of benzene rings is 1. The van der Waals surface area contributed by atoms with Gasteiger partial charge in [0.25, 0.3) is 5.91 Å². The minimum Gasteiger partial charge on any atom is -0.471 e. The fraction of sp³-hybridized carbons (Fsp3) is 0.350. The van der Waals surface area contributed by atoms with Crippen LogP contribution in [0, 0.1) is 13.8 Å². The SMILES string of the molecule is CCn1ncc(Br)c1CN(C)C(=O)c1ccn(COc2cc(C)ccc2C)n1. The van der Waals surface area contributed by atoms with E-state index in [0.29, 0.717) is 12.2 Å². The fourth-order valence-corrected chi connectivity index (χ4v) is 3.28. The molecule has 0 saturated heterocycles. The van der Waals surface area contributed by atoms with Gasteiger partial charge in [0.2, 0.25) is 0 Å². The number of hydrogen-bond donors (Lipinski definition) is 0. The lowest BCUT2D eigenvalue weighted by atomic mass is 10.1. The topological polar surface area (TPSA) is 65.2 Å². The number of carbonyl (C=O) groups excluding carboxylic acids is 1. The predicted molar refractivity (Wildman–Crippen MR) is 110 cm³/mol. The lowest BCUT2D eigenvalue weighted by Gasteiger charge is -2.17. The van der Waals surface area contributed by atoms with E-state index in [-0.39, 0.29) is 12.6 Å².